The molecule has 1 aromatic rings. The third-order valence-corrected chi connectivity index (χ3v) is 1.31. The number of primary amides is 1. The standard InChI is InChI=1S/C4H5N3OS.2ClH/c5-4(8)9-3-1-6-2-7-3;;/h1-2H,(H2,5,8)(H,6,7);2*1H. The lowest BCUT2D eigenvalue weighted by molar-refractivity contribution is 0.267. The molecule has 1 rings (SSSR count). The fourth-order valence-electron chi connectivity index (χ4n) is 0.406. The third-order valence-electron chi connectivity index (χ3n) is 0.678. The van der Waals surface area contributed by atoms with Crippen LogP contribution in [0.25, 0.3) is 0 Å². The first kappa shape index (κ1) is 13.2. The van der Waals surface area contributed by atoms with Gasteiger partial charge in [-0.1, -0.05) is 0 Å². The maximum Gasteiger partial charge on any atom is 0.282 e. The van der Waals surface area contributed by atoms with Crippen LogP contribution in [0.2, 0.25) is 0 Å². The number of hydrogen-bond donors (Lipinski definition) is 2. The Morgan fingerprint density at radius 3 is 2.64 bits per heavy atom. The number of aromatic nitrogens is 2. The number of hydrogen-bond acceptors (Lipinski definition) is 3. The second kappa shape index (κ2) is 6.33. The number of nitrogens with zero attached hydrogens (tertiary/aromatic N) is 1. The minimum atomic E-state index is -0.442. The van der Waals surface area contributed by atoms with E-state index < -0.39 is 5.24 Å². The molecule has 0 atom stereocenters. The van der Waals surface area contributed by atoms with Crippen molar-refractivity contribution < 1.29 is 4.79 Å². The van der Waals surface area contributed by atoms with Gasteiger partial charge in [-0.25, -0.2) is 4.98 Å². The Labute approximate surface area is 80.2 Å². The molecular weight excluding hydrogens is 209 g/mol. The normalized spacial score (nSPS) is 7.64. The average Bonchev–Trinajstić information content (AvgIpc) is 2.15. The number of carbonyl (C=O) groups is 1. The van der Waals surface area contributed by atoms with Gasteiger partial charge in [0.2, 0.25) is 0 Å². The van der Waals surface area contributed by atoms with Gasteiger partial charge < -0.3 is 10.7 Å². The first-order chi connectivity index (χ1) is 4.29. The summed E-state index contributed by atoms with van der Waals surface area (Å²) < 4.78 is 0. The number of amides is 1. The van der Waals surface area contributed by atoms with Crippen LogP contribution < -0.4 is 5.73 Å². The largest absolute Gasteiger partial charge is 0.360 e. The Morgan fingerprint density at radius 1 is 1.64 bits per heavy atom. The molecule has 0 aliphatic rings. The first-order valence-electron chi connectivity index (χ1n) is 2.25. The van der Waals surface area contributed by atoms with Crippen molar-refractivity contribution in [2.24, 2.45) is 5.73 Å². The van der Waals surface area contributed by atoms with Crippen LogP contribution in [-0.4, -0.2) is 15.2 Å². The van der Waals surface area contributed by atoms with Crippen molar-refractivity contribution in [3.63, 3.8) is 0 Å². The van der Waals surface area contributed by atoms with Gasteiger partial charge >= 0.3 is 0 Å². The SMILES string of the molecule is Cl.Cl.NC(=O)Sc1c[nH]cn1. The number of thioether (sulfide) groups is 1. The van der Waals surface area contributed by atoms with Crippen molar-refractivity contribution in [3.05, 3.63) is 12.5 Å². The van der Waals surface area contributed by atoms with Gasteiger partial charge in [-0.15, -0.1) is 24.8 Å². The fourth-order valence-corrected chi connectivity index (χ4v) is 0.844. The van der Waals surface area contributed by atoms with Crippen molar-refractivity contribution >= 4 is 41.8 Å². The fraction of sp³-hybridized carbons (Fsp3) is 0. The second-order valence-corrected chi connectivity index (χ2v) is 2.35. The van der Waals surface area contributed by atoms with E-state index in [9.17, 15) is 4.79 Å². The molecule has 1 aromatic heterocycles. The van der Waals surface area contributed by atoms with Crippen molar-refractivity contribution in [1.29, 1.82) is 0 Å². The first-order valence-corrected chi connectivity index (χ1v) is 3.07. The quantitative estimate of drug-likeness (QED) is 0.697. The average molecular weight is 216 g/mol. The number of carbonyl (C=O) groups excluding carboxylic acids is 1. The zero-order valence-electron chi connectivity index (χ0n) is 5.31. The van der Waals surface area contributed by atoms with E-state index >= 15 is 0 Å². The molecule has 7 heteroatoms. The van der Waals surface area contributed by atoms with Crippen LogP contribution in [0.15, 0.2) is 17.6 Å². The number of aromatic amines is 1. The smallest absolute Gasteiger partial charge is 0.282 e. The predicted molar refractivity (Wildman–Crippen MR) is 48.5 cm³/mol. The zero-order chi connectivity index (χ0) is 6.69. The molecule has 0 spiro atoms. The summed E-state index contributed by atoms with van der Waals surface area (Å²) in [6, 6.07) is 0. The van der Waals surface area contributed by atoms with Gasteiger partial charge in [-0.05, 0) is 11.8 Å². The number of H-pyrrole nitrogens is 1. The molecule has 1 amide bonds. The molecule has 3 N–H and O–H groups in total. The van der Waals surface area contributed by atoms with Crippen molar-refractivity contribution in [1.82, 2.24) is 9.97 Å². The highest BCUT2D eigenvalue weighted by atomic mass is 35.5. The van der Waals surface area contributed by atoms with E-state index in [4.69, 9.17) is 5.73 Å². The van der Waals surface area contributed by atoms with Gasteiger partial charge in [-0.3, -0.25) is 4.79 Å². The van der Waals surface area contributed by atoms with Gasteiger partial charge in [0.25, 0.3) is 5.24 Å². The zero-order valence-corrected chi connectivity index (χ0v) is 7.76. The minimum Gasteiger partial charge on any atom is -0.360 e. The minimum absolute atomic E-state index is 0. The number of nitrogens with one attached hydrogen (secondary N) is 1. The molecule has 0 aliphatic heterocycles. The van der Waals surface area contributed by atoms with E-state index in [2.05, 4.69) is 9.97 Å². The summed E-state index contributed by atoms with van der Waals surface area (Å²) in [5.74, 6) is 0. The summed E-state index contributed by atoms with van der Waals surface area (Å²) in [6.45, 7) is 0. The Hall–Kier alpha value is -0.390. The molecule has 0 aromatic carbocycles. The van der Waals surface area contributed by atoms with Crippen LogP contribution in [0.5, 0.6) is 0 Å². The Bertz CT molecular complexity index is 203. The van der Waals surface area contributed by atoms with E-state index in [1.54, 1.807) is 6.20 Å². The molecule has 0 fully saturated rings. The summed E-state index contributed by atoms with van der Waals surface area (Å²) in [5.41, 5.74) is 4.85. The maximum absolute atomic E-state index is 10.2. The summed E-state index contributed by atoms with van der Waals surface area (Å²) in [4.78, 5) is 16.7. The molecule has 0 aliphatic carbocycles. The second-order valence-electron chi connectivity index (χ2n) is 1.33. The molecular formula is C4H7Cl2N3OS. The summed E-state index contributed by atoms with van der Waals surface area (Å²) >= 11 is 0.902. The van der Waals surface area contributed by atoms with Crippen molar-refractivity contribution in [2.45, 2.75) is 5.03 Å². The summed E-state index contributed by atoms with van der Waals surface area (Å²) in [7, 11) is 0. The van der Waals surface area contributed by atoms with Crippen molar-refractivity contribution in [2.75, 3.05) is 0 Å². The van der Waals surface area contributed by atoms with E-state index in [-0.39, 0.29) is 24.8 Å². The van der Waals surface area contributed by atoms with Gasteiger partial charge in [0.1, 0.15) is 5.03 Å². The van der Waals surface area contributed by atoms with Crippen LogP contribution in [0, 0.1) is 0 Å². The topological polar surface area (TPSA) is 71.8 Å². The van der Waals surface area contributed by atoms with E-state index in [0.717, 1.165) is 11.8 Å². The molecule has 0 unspecified atom stereocenters. The molecule has 1 heterocycles. The molecule has 0 saturated heterocycles. The molecule has 0 bridgehead atoms. The van der Waals surface area contributed by atoms with Gasteiger partial charge in [0, 0.05) is 6.20 Å². The van der Waals surface area contributed by atoms with E-state index in [1.807, 2.05) is 0 Å². The van der Waals surface area contributed by atoms with Crippen LogP contribution in [0.1, 0.15) is 0 Å². The van der Waals surface area contributed by atoms with Gasteiger partial charge in [-0.2, -0.15) is 0 Å². The lowest BCUT2D eigenvalue weighted by Gasteiger charge is -1.84. The lowest BCUT2D eigenvalue weighted by Crippen LogP contribution is -2.01. The molecule has 11 heavy (non-hydrogen) atoms. The molecule has 0 saturated carbocycles. The van der Waals surface area contributed by atoms with Crippen LogP contribution in [0.3, 0.4) is 0 Å². The van der Waals surface area contributed by atoms with Crippen molar-refractivity contribution in [3.8, 4) is 0 Å². The third kappa shape index (κ3) is 4.94. The van der Waals surface area contributed by atoms with E-state index in [1.165, 1.54) is 6.33 Å². The predicted octanol–water partition coefficient (Wildman–Crippen LogP) is 1.42. The molecule has 0 radical (unpaired) electrons. The summed E-state index contributed by atoms with van der Waals surface area (Å²) in [6.07, 6.45) is 3.10. The Kier molecular flexibility index (Phi) is 7.60. The summed E-state index contributed by atoms with van der Waals surface area (Å²) in [5, 5.41) is 0.157. The maximum atomic E-state index is 10.2. The number of halogens is 2. The number of imidazole rings is 1. The van der Waals surface area contributed by atoms with Gasteiger partial charge in [0.15, 0.2) is 0 Å². The number of nitrogens with two attached hydrogens (primary N) is 1. The van der Waals surface area contributed by atoms with Crippen LogP contribution in [-0.2, 0) is 0 Å². The molecule has 64 valence electrons. The Morgan fingerprint density at radius 2 is 2.27 bits per heavy atom. The number of rotatable bonds is 1. The highest BCUT2D eigenvalue weighted by Gasteiger charge is 1.98. The van der Waals surface area contributed by atoms with Crippen LogP contribution >= 0.6 is 36.6 Å². The monoisotopic (exact) mass is 215 g/mol. The lowest BCUT2D eigenvalue weighted by atomic mass is 11.0. The molecule has 4 nitrogen and oxygen atoms in total. The Balaban J connectivity index is 0. The van der Waals surface area contributed by atoms with E-state index in [0.29, 0.717) is 5.03 Å². The van der Waals surface area contributed by atoms with Gasteiger partial charge in [0.05, 0.1) is 6.33 Å². The highest BCUT2D eigenvalue weighted by Crippen LogP contribution is 2.11. The van der Waals surface area contributed by atoms with Crippen LogP contribution in [0.4, 0.5) is 4.79 Å². The highest BCUT2D eigenvalue weighted by molar-refractivity contribution is 8.13.